The molecular weight excluding hydrogens is 456 g/mol. The number of hydrogen-bond acceptors (Lipinski definition) is 4. The van der Waals surface area contributed by atoms with Crippen molar-refractivity contribution in [2.45, 2.75) is 85.5 Å². The van der Waals surface area contributed by atoms with E-state index in [1.165, 1.54) is 44.9 Å². The fourth-order valence-corrected chi connectivity index (χ4v) is 4.36. The smallest absolute Gasteiger partial charge is 0.159 e. The predicted octanol–water partition coefficient (Wildman–Crippen LogP) is 9.39. The molecule has 0 amide bonds. The summed E-state index contributed by atoms with van der Waals surface area (Å²) in [7, 11) is 0. The molecular formula is C33H46N2O2. The van der Waals surface area contributed by atoms with E-state index in [1.54, 1.807) is 0 Å². The summed E-state index contributed by atoms with van der Waals surface area (Å²) in [5.74, 6) is 4.03. The molecule has 4 nitrogen and oxygen atoms in total. The zero-order chi connectivity index (χ0) is 26.3. The Kier molecular flexibility index (Phi) is 12.5. The van der Waals surface area contributed by atoms with Crippen LogP contribution in [0.15, 0.2) is 60.9 Å². The maximum Gasteiger partial charge on any atom is 0.159 e. The summed E-state index contributed by atoms with van der Waals surface area (Å²) in [5.41, 5.74) is 3.07. The summed E-state index contributed by atoms with van der Waals surface area (Å²) in [4.78, 5) is 9.21. The molecule has 0 unspecified atom stereocenters. The number of unbranched alkanes of at least 4 members (excludes halogenated alkanes) is 4. The van der Waals surface area contributed by atoms with Crippen LogP contribution >= 0.6 is 0 Å². The first-order valence-corrected chi connectivity index (χ1v) is 14.3. The number of ether oxygens (including phenoxy) is 2. The molecule has 0 radical (unpaired) electrons. The standard InChI is InChI=1S/C33H46N2O2/c1-5-6-7-8-9-22-36-31-17-13-28(14-18-31)30-24-34-33(35-25-30)29-15-19-32(20-16-29)37-23-21-27(4)12-10-11-26(2)3/h13-20,24-27H,5-12,21-23H2,1-4H3/t27-/m1/s1. The number of hydrogen-bond donors (Lipinski definition) is 0. The van der Waals surface area contributed by atoms with Crippen molar-refractivity contribution < 1.29 is 9.47 Å². The second kappa shape index (κ2) is 16.1. The third kappa shape index (κ3) is 10.6. The molecule has 0 aliphatic rings. The van der Waals surface area contributed by atoms with Gasteiger partial charge in [-0.05, 0) is 66.6 Å². The van der Waals surface area contributed by atoms with Crippen LogP contribution in [0.3, 0.4) is 0 Å². The number of rotatable bonds is 17. The molecule has 2 aromatic carbocycles. The maximum absolute atomic E-state index is 5.98. The van der Waals surface area contributed by atoms with Crippen LogP contribution in [0.1, 0.15) is 85.5 Å². The lowest BCUT2D eigenvalue weighted by Gasteiger charge is -2.13. The van der Waals surface area contributed by atoms with Crippen molar-refractivity contribution in [2.24, 2.45) is 11.8 Å². The Morgan fingerprint density at radius 1 is 0.595 bits per heavy atom. The molecule has 0 spiro atoms. The minimum atomic E-state index is 0.703. The molecule has 37 heavy (non-hydrogen) atoms. The first-order valence-electron chi connectivity index (χ1n) is 14.3. The average molecular weight is 503 g/mol. The largest absolute Gasteiger partial charge is 0.494 e. The average Bonchev–Trinajstić information content (AvgIpc) is 2.91. The molecule has 0 aliphatic heterocycles. The van der Waals surface area contributed by atoms with Crippen LogP contribution in [0, 0.1) is 11.8 Å². The van der Waals surface area contributed by atoms with E-state index < -0.39 is 0 Å². The SMILES string of the molecule is CCCCCCCOc1ccc(-c2cnc(-c3ccc(OCC[C@H](C)CCCC(C)C)cc3)nc2)cc1. The quantitative estimate of drug-likeness (QED) is 0.172. The summed E-state index contributed by atoms with van der Waals surface area (Å²) in [6, 6.07) is 16.3. The Morgan fingerprint density at radius 2 is 1.19 bits per heavy atom. The fourth-order valence-electron chi connectivity index (χ4n) is 4.36. The lowest BCUT2D eigenvalue weighted by atomic mass is 9.98. The van der Waals surface area contributed by atoms with E-state index >= 15 is 0 Å². The Morgan fingerprint density at radius 3 is 1.81 bits per heavy atom. The van der Waals surface area contributed by atoms with Gasteiger partial charge in [-0.1, -0.05) is 84.8 Å². The summed E-state index contributed by atoms with van der Waals surface area (Å²) in [6.07, 6.45) is 15.0. The first kappa shape index (κ1) is 28.7. The summed E-state index contributed by atoms with van der Waals surface area (Å²) >= 11 is 0. The Balaban J connectivity index is 1.43. The van der Waals surface area contributed by atoms with Gasteiger partial charge in [0.25, 0.3) is 0 Å². The third-order valence-electron chi connectivity index (χ3n) is 6.83. The third-order valence-corrected chi connectivity index (χ3v) is 6.83. The van der Waals surface area contributed by atoms with Gasteiger partial charge >= 0.3 is 0 Å². The van der Waals surface area contributed by atoms with E-state index in [9.17, 15) is 0 Å². The van der Waals surface area contributed by atoms with Gasteiger partial charge in [-0.15, -0.1) is 0 Å². The molecule has 0 fully saturated rings. The van der Waals surface area contributed by atoms with Gasteiger partial charge in [0, 0.05) is 23.5 Å². The molecule has 0 N–H and O–H groups in total. The number of benzene rings is 2. The first-order chi connectivity index (χ1) is 18.0. The van der Waals surface area contributed by atoms with Gasteiger partial charge in [0.1, 0.15) is 11.5 Å². The molecule has 1 heterocycles. The highest BCUT2D eigenvalue weighted by molar-refractivity contribution is 5.64. The summed E-state index contributed by atoms with van der Waals surface area (Å²) in [5, 5.41) is 0. The monoisotopic (exact) mass is 502 g/mol. The molecule has 3 rings (SSSR count). The van der Waals surface area contributed by atoms with Crippen LogP contribution < -0.4 is 9.47 Å². The van der Waals surface area contributed by atoms with E-state index in [2.05, 4.69) is 49.8 Å². The van der Waals surface area contributed by atoms with E-state index in [-0.39, 0.29) is 0 Å². The topological polar surface area (TPSA) is 44.2 Å². The van der Waals surface area contributed by atoms with Crippen molar-refractivity contribution in [1.29, 1.82) is 0 Å². The van der Waals surface area contributed by atoms with E-state index in [1.807, 2.05) is 48.8 Å². The molecule has 0 saturated carbocycles. The van der Waals surface area contributed by atoms with Crippen molar-refractivity contribution in [3.05, 3.63) is 60.9 Å². The fraction of sp³-hybridized carbons (Fsp3) is 0.515. The van der Waals surface area contributed by atoms with Crippen molar-refractivity contribution in [1.82, 2.24) is 9.97 Å². The lowest BCUT2D eigenvalue weighted by molar-refractivity contribution is 0.276. The zero-order valence-electron chi connectivity index (χ0n) is 23.4. The molecule has 0 aliphatic carbocycles. The van der Waals surface area contributed by atoms with Crippen LogP contribution in [0.2, 0.25) is 0 Å². The highest BCUT2D eigenvalue weighted by Crippen LogP contribution is 2.24. The molecule has 0 bridgehead atoms. The van der Waals surface area contributed by atoms with Gasteiger partial charge in [0.2, 0.25) is 0 Å². The van der Waals surface area contributed by atoms with E-state index in [0.717, 1.165) is 66.0 Å². The Labute approximate surface area is 224 Å². The molecule has 0 saturated heterocycles. The molecule has 200 valence electrons. The summed E-state index contributed by atoms with van der Waals surface area (Å²) < 4.78 is 11.9. The van der Waals surface area contributed by atoms with E-state index in [0.29, 0.717) is 5.92 Å². The Bertz CT molecular complexity index is 998. The van der Waals surface area contributed by atoms with Crippen LogP contribution in [0.4, 0.5) is 0 Å². The van der Waals surface area contributed by atoms with Crippen molar-refractivity contribution in [2.75, 3.05) is 13.2 Å². The number of nitrogens with zero attached hydrogens (tertiary/aromatic N) is 2. The van der Waals surface area contributed by atoms with Crippen LogP contribution in [-0.4, -0.2) is 23.2 Å². The van der Waals surface area contributed by atoms with Gasteiger partial charge < -0.3 is 9.47 Å². The molecule has 1 aromatic heterocycles. The van der Waals surface area contributed by atoms with Gasteiger partial charge in [-0.2, -0.15) is 0 Å². The number of aromatic nitrogens is 2. The van der Waals surface area contributed by atoms with Crippen LogP contribution in [0.5, 0.6) is 11.5 Å². The van der Waals surface area contributed by atoms with Crippen LogP contribution in [0.25, 0.3) is 22.5 Å². The van der Waals surface area contributed by atoms with Crippen molar-refractivity contribution >= 4 is 0 Å². The minimum absolute atomic E-state index is 0.703. The molecule has 4 heteroatoms. The zero-order valence-corrected chi connectivity index (χ0v) is 23.4. The second-order valence-electron chi connectivity index (χ2n) is 10.7. The second-order valence-corrected chi connectivity index (χ2v) is 10.7. The van der Waals surface area contributed by atoms with Crippen molar-refractivity contribution in [3.63, 3.8) is 0 Å². The van der Waals surface area contributed by atoms with Gasteiger partial charge in [0.15, 0.2) is 5.82 Å². The highest BCUT2D eigenvalue weighted by atomic mass is 16.5. The highest BCUT2D eigenvalue weighted by Gasteiger charge is 2.07. The molecule has 1 atom stereocenters. The lowest BCUT2D eigenvalue weighted by Crippen LogP contribution is -2.04. The predicted molar refractivity (Wildman–Crippen MR) is 155 cm³/mol. The van der Waals surface area contributed by atoms with Crippen molar-refractivity contribution in [3.8, 4) is 34.0 Å². The summed E-state index contributed by atoms with van der Waals surface area (Å²) in [6.45, 7) is 10.7. The van der Waals surface area contributed by atoms with Gasteiger partial charge in [0.05, 0.1) is 13.2 Å². The van der Waals surface area contributed by atoms with Gasteiger partial charge in [-0.25, -0.2) is 9.97 Å². The maximum atomic E-state index is 5.98. The minimum Gasteiger partial charge on any atom is -0.494 e. The Hall–Kier alpha value is -2.88. The normalized spacial score (nSPS) is 12.0. The van der Waals surface area contributed by atoms with Crippen LogP contribution in [-0.2, 0) is 0 Å². The van der Waals surface area contributed by atoms with E-state index in [4.69, 9.17) is 9.47 Å². The molecule has 3 aromatic rings. The van der Waals surface area contributed by atoms with Gasteiger partial charge in [-0.3, -0.25) is 0 Å².